The van der Waals surface area contributed by atoms with Gasteiger partial charge in [-0.05, 0) is 30.2 Å². The van der Waals surface area contributed by atoms with Crippen molar-refractivity contribution < 1.29 is 32.2 Å². The molecule has 0 saturated heterocycles. The molecule has 1 aliphatic carbocycles. The number of esters is 1. The maximum absolute atomic E-state index is 13.2. The number of nitrogens with zero attached hydrogens (tertiary/aromatic N) is 6. The van der Waals surface area contributed by atoms with Crippen molar-refractivity contribution in [3.05, 3.63) is 89.1 Å². The van der Waals surface area contributed by atoms with Crippen molar-refractivity contribution in [3.8, 4) is 22.9 Å². The van der Waals surface area contributed by atoms with Gasteiger partial charge in [0, 0.05) is 36.2 Å². The molecule has 0 spiro atoms. The fourth-order valence-electron chi connectivity index (χ4n) is 5.73. The number of fused-ring (bicyclic) bond motifs is 1. The highest BCUT2D eigenvalue weighted by molar-refractivity contribution is 7.18. The molecule has 48 heavy (non-hydrogen) atoms. The van der Waals surface area contributed by atoms with Crippen molar-refractivity contribution in [2.24, 2.45) is 4.99 Å². The average molecular weight is 677 g/mol. The second-order valence-corrected chi connectivity index (χ2v) is 12.4. The first-order valence-electron chi connectivity index (χ1n) is 15.0. The molecular weight excluding hydrogens is 645 g/mol. The third-order valence-corrected chi connectivity index (χ3v) is 9.11. The summed E-state index contributed by atoms with van der Waals surface area (Å²) in [6.45, 7) is 0. The maximum atomic E-state index is 13.2. The van der Waals surface area contributed by atoms with Crippen molar-refractivity contribution in [2.75, 3.05) is 26.2 Å². The molecule has 1 aliphatic rings. The van der Waals surface area contributed by atoms with Gasteiger partial charge in [0.1, 0.15) is 23.1 Å². The molecule has 14 heteroatoms. The molecule has 0 unspecified atom stereocenters. The van der Waals surface area contributed by atoms with Gasteiger partial charge in [-0.1, -0.05) is 42.5 Å². The molecule has 5 aromatic rings. The van der Waals surface area contributed by atoms with Crippen molar-refractivity contribution in [3.63, 3.8) is 0 Å². The molecule has 248 valence electrons. The molecule has 0 N–H and O–H groups in total. The van der Waals surface area contributed by atoms with Gasteiger partial charge in [0.25, 0.3) is 5.88 Å². The van der Waals surface area contributed by atoms with E-state index in [1.807, 2.05) is 35.2 Å². The summed E-state index contributed by atoms with van der Waals surface area (Å²) >= 11 is 0.990. The number of likely N-dealkylation sites (N-methyl/N-ethyl adjacent to an activating group) is 1. The van der Waals surface area contributed by atoms with Gasteiger partial charge in [-0.25, -0.2) is 14.8 Å². The SMILES string of the molecule is COc1cc(-c2ccc(C=N[C@H]3C[C@@H](OC(=O)c4ccccc4)[C@@H](N(C)c4ncnc5sc(CC(F)(F)F)cc45)C3)cc2)nnc1OC. The number of carbonyl (C=O) groups excluding carboxylic acids is 1. The topological polar surface area (TPSA) is 112 Å². The highest BCUT2D eigenvalue weighted by atomic mass is 32.1. The van der Waals surface area contributed by atoms with E-state index in [1.165, 1.54) is 26.6 Å². The Bertz CT molecular complexity index is 1920. The zero-order chi connectivity index (χ0) is 33.8. The van der Waals surface area contributed by atoms with Gasteiger partial charge >= 0.3 is 12.1 Å². The largest absolute Gasteiger partial charge is 0.491 e. The summed E-state index contributed by atoms with van der Waals surface area (Å²) in [7, 11) is 4.83. The summed E-state index contributed by atoms with van der Waals surface area (Å²) < 4.78 is 56.0. The lowest BCUT2D eigenvalue weighted by Crippen LogP contribution is -2.40. The number of ether oxygens (including phenoxy) is 3. The lowest BCUT2D eigenvalue weighted by molar-refractivity contribution is -0.126. The predicted molar refractivity (Wildman–Crippen MR) is 176 cm³/mol. The Morgan fingerprint density at radius 1 is 1.02 bits per heavy atom. The number of alkyl halides is 3. The first-order chi connectivity index (χ1) is 23.1. The van der Waals surface area contributed by atoms with Gasteiger partial charge in [0.2, 0.25) is 0 Å². The fourth-order valence-corrected chi connectivity index (χ4v) is 6.75. The second kappa shape index (κ2) is 13.9. The van der Waals surface area contributed by atoms with Crippen LogP contribution in [-0.4, -0.2) is 78.0 Å². The minimum atomic E-state index is -4.34. The highest BCUT2D eigenvalue weighted by Crippen LogP contribution is 2.37. The number of hydrogen-bond donors (Lipinski definition) is 0. The van der Waals surface area contributed by atoms with Gasteiger partial charge < -0.3 is 19.1 Å². The van der Waals surface area contributed by atoms with Crippen LogP contribution in [0, 0.1) is 0 Å². The van der Waals surface area contributed by atoms with Crippen LogP contribution in [0.5, 0.6) is 11.6 Å². The normalized spacial score (nSPS) is 17.9. The van der Waals surface area contributed by atoms with E-state index in [0.717, 1.165) is 22.5 Å². The van der Waals surface area contributed by atoms with Crippen LogP contribution in [0.25, 0.3) is 21.5 Å². The zero-order valence-corrected chi connectivity index (χ0v) is 27.0. The van der Waals surface area contributed by atoms with Gasteiger partial charge in [-0.3, -0.25) is 4.99 Å². The van der Waals surface area contributed by atoms with E-state index in [9.17, 15) is 18.0 Å². The second-order valence-electron chi connectivity index (χ2n) is 11.2. The van der Waals surface area contributed by atoms with E-state index in [0.29, 0.717) is 51.8 Å². The van der Waals surface area contributed by atoms with Gasteiger partial charge in [0.15, 0.2) is 5.75 Å². The molecule has 3 atom stereocenters. The Hall–Kier alpha value is -5.11. The lowest BCUT2D eigenvalue weighted by atomic mass is 10.1. The number of aromatic nitrogens is 4. The number of halogens is 3. The number of carbonyl (C=O) groups is 1. The molecule has 3 heterocycles. The van der Waals surface area contributed by atoms with E-state index >= 15 is 0 Å². The first kappa shape index (κ1) is 32.8. The molecule has 10 nitrogen and oxygen atoms in total. The smallest absolute Gasteiger partial charge is 0.393 e. The number of anilines is 1. The first-order valence-corrected chi connectivity index (χ1v) is 15.8. The Morgan fingerprint density at radius 3 is 2.50 bits per heavy atom. The van der Waals surface area contributed by atoms with Crippen molar-refractivity contribution in [1.82, 2.24) is 20.2 Å². The number of thiophene rings is 1. The molecular formula is C34H31F3N6O4S. The number of hydrogen-bond acceptors (Lipinski definition) is 11. The van der Waals surface area contributed by atoms with Gasteiger partial charge in [-0.15, -0.1) is 21.5 Å². The van der Waals surface area contributed by atoms with Crippen LogP contribution in [0.3, 0.4) is 0 Å². The Balaban J connectivity index is 1.23. The van der Waals surface area contributed by atoms with Crippen LogP contribution in [0.1, 0.15) is 33.6 Å². The summed E-state index contributed by atoms with van der Waals surface area (Å²) in [4.78, 5) is 29.1. The van der Waals surface area contributed by atoms with E-state index in [4.69, 9.17) is 19.2 Å². The van der Waals surface area contributed by atoms with Crippen LogP contribution in [0.2, 0.25) is 0 Å². The Morgan fingerprint density at radius 2 is 1.79 bits per heavy atom. The van der Waals surface area contributed by atoms with E-state index in [2.05, 4.69) is 20.2 Å². The minimum Gasteiger partial charge on any atom is -0.491 e. The average Bonchev–Trinajstić information content (AvgIpc) is 3.69. The van der Waals surface area contributed by atoms with Crippen LogP contribution in [-0.2, 0) is 11.2 Å². The van der Waals surface area contributed by atoms with E-state index < -0.39 is 24.7 Å². The third kappa shape index (κ3) is 7.38. The van der Waals surface area contributed by atoms with Crippen molar-refractivity contribution >= 4 is 39.6 Å². The Labute approximate surface area is 278 Å². The summed E-state index contributed by atoms with van der Waals surface area (Å²) in [6.07, 6.45) is -1.87. The predicted octanol–water partition coefficient (Wildman–Crippen LogP) is 6.58. The zero-order valence-electron chi connectivity index (χ0n) is 26.2. The number of methoxy groups -OCH3 is 2. The molecule has 3 aromatic heterocycles. The van der Waals surface area contributed by atoms with Crippen LogP contribution >= 0.6 is 11.3 Å². The fraction of sp³-hybridized carbons (Fsp3) is 0.294. The standard InChI is InChI=1S/C34H31F3N6O4S/c1-43(30-25-15-24(17-34(35,36)37)48-32(25)40-19-39-30)27-13-23(14-28(27)47-33(44)22-7-5-4-6-8-22)38-18-20-9-11-21(12-10-20)26-16-29(45-2)31(46-3)42-41-26/h4-12,15-16,18-19,23,27-28H,13-14,17H2,1-3H3/t23-,27+,28-/m1/s1. The monoisotopic (exact) mass is 676 g/mol. The summed E-state index contributed by atoms with van der Waals surface area (Å²) in [6, 6.07) is 19.0. The van der Waals surface area contributed by atoms with E-state index in [-0.39, 0.29) is 17.0 Å². The van der Waals surface area contributed by atoms with Crippen LogP contribution in [0.15, 0.2) is 78.0 Å². The molecule has 6 rings (SSSR count). The van der Waals surface area contributed by atoms with Crippen molar-refractivity contribution in [1.29, 1.82) is 0 Å². The van der Waals surface area contributed by atoms with E-state index in [1.54, 1.807) is 43.6 Å². The molecule has 0 radical (unpaired) electrons. The lowest BCUT2D eigenvalue weighted by Gasteiger charge is -2.30. The summed E-state index contributed by atoms with van der Waals surface area (Å²) in [5.74, 6) is 0.769. The molecule has 0 aliphatic heterocycles. The minimum absolute atomic E-state index is 0.151. The molecule has 1 fully saturated rings. The molecule has 1 saturated carbocycles. The maximum Gasteiger partial charge on any atom is 0.393 e. The molecule has 0 amide bonds. The third-order valence-electron chi connectivity index (χ3n) is 8.06. The highest BCUT2D eigenvalue weighted by Gasteiger charge is 2.40. The number of benzene rings is 2. The summed E-state index contributed by atoms with van der Waals surface area (Å²) in [5, 5.41) is 8.79. The molecule has 0 bridgehead atoms. The molecule has 2 aromatic carbocycles. The Kier molecular flexibility index (Phi) is 9.53. The van der Waals surface area contributed by atoms with Crippen molar-refractivity contribution in [2.45, 2.75) is 43.6 Å². The quantitative estimate of drug-likeness (QED) is 0.120. The van der Waals surface area contributed by atoms with Gasteiger partial charge in [0.05, 0.1) is 49.4 Å². The summed E-state index contributed by atoms with van der Waals surface area (Å²) in [5.41, 5.74) is 2.73. The van der Waals surface area contributed by atoms with Crippen LogP contribution in [0.4, 0.5) is 19.0 Å². The van der Waals surface area contributed by atoms with Gasteiger partial charge in [-0.2, -0.15) is 13.2 Å². The number of rotatable bonds is 10. The van der Waals surface area contributed by atoms with Crippen LogP contribution < -0.4 is 14.4 Å². The number of aliphatic imine (C=N–C) groups is 1.